The van der Waals surface area contributed by atoms with Crippen LogP contribution in [0.2, 0.25) is 0 Å². The SMILES string of the molecule is O=C(Cn1c(-c2cscn2)nc2ccccc21)N1CC=C(c2ccccc2)CC1. The van der Waals surface area contributed by atoms with Gasteiger partial charge in [0.25, 0.3) is 0 Å². The number of hydrogen-bond acceptors (Lipinski definition) is 4. The maximum atomic E-state index is 13.1. The highest BCUT2D eigenvalue weighted by Gasteiger charge is 2.21. The standard InChI is InChI=1S/C23H20N4OS/c28-22(26-12-10-18(11-13-26)17-6-2-1-3-7-17)14-27-21-9-5-4-8-19(21)25-23(27)20-15-29-16-24-20/h1-10,15-16H,11-14H2. The van der Waals surface area contributed by atoms with Gasteiger partial charge in [-0.25, -0.2) is 9.97 Å². The monoisotopic (exact) mass is 400 g/mol. The smallest absolute Gasteiger partial charge is 0.242 e. The quantitative estimate of drug-likeness (QED) is 0.508. The molecular weight excluding hydrogens is 380 g/mol. The third-order valence-corrected chi connectivity index (χ3v) is 5.90. The van der Waals surface area contributed by atoms with Crippen LogP contribution in [0, 0.1) is 0 Å². The molecule has 1 aliphatic heterocycles. The first-order chi connectivity index (χ1) is 14.3. The summed E-state index contributed by atoms with van der Waals surface area (Å²) in [7, 11) is 0. The van der Waals surface area contributed by atoms with Gasteiger partial charge >= 0.3 is 0 Å². The lowest BCUT2D eigenvalue weighted by Crippen LogP contribution is -2.37. The van der Waals surface area contributed by atoms with Gasteiger partial charge in [-0.1, -0.05) is 48.5 Å². The van der Waals surface area contributed by atoms with E-state index in [1.807, 2.05) is 45.2 Å². The summed E-state index contributed by atoms with van der Waals surface area (Å²) in [6.07, 6.45) is 3.05. The average Bonchev–Trinajstić information content (AvgIpc) is 3.43. The van der Waals surface area contributed by atoms with Crippen molar-refractivity contribution in [3.8, 4) is 11.5 Å². The Morgan fingerprint density at radius 2 is 1.90 bits per heavy atom. The summed E-state index contributed by atoms with van der Waals surface area (Å²) in [5, 5.41) is 1.97. The van der Waals surface area contributed by atoms with Gasteiger partial charge in [0.2, 0.25) is 5.91 Å². The Kier molecular flexibility index (Phi) is 4.69. The van der Waals surface area contributed by atoms with E-state index in [1.54, 1.807) is 5.51 Å². The lowest BCUT2D eigenvalue weighted by atomic mass is 9.99. The summed E-state index contributed by atoms with van der Waals surface area (Å²) in [4.78, 5) is 24.2. The van der Waals surface area contributed by atoms with Crippen LogP contribution in [0.5, 0.6) is 0 Å². The number of rotatable bonds is 4. The van der Waals surface area contributed by atoms with Crippen LogP contribution in [0.1, 0.15) is 12.0 Å². The second-order valence-electron chi connectivity index (χ2n) is 7.07. The molecule has 0 fully saturated rings. The molecule has 3 heterocycles. The van der Waals surface area contributed by atoms with Crippen LogP contribution in [0.15, 0.2) is 71.6 Å². The summed E-state index contributed by atoms with van der Waals surface area (Å²) in [6.45, 7) is 1.64. The van der Waals surface area contributed by atoms with E-state index >= 15 is 0 Å². The van der Waals surface area contributed by atoms with Crippen molar-refractivity contribution in [2.75, 3.05) is 13.1 Å². The molecule has 144 valence electrons. The summed E-state index contributed by atoms with van der Waals surface area (Å²) in [6, 6.07) is 18.3. The minimum absolute atomic E-state index is 0.105. The molecule has 0 saturated heterocycles. The van der Waals surface area contributed by atoms with Gasteiger partial charge in [0, 0.05) is 18.5 Å². The summed E-state index contributed by atoms with van der Waals surface area (Å²) in [5.74, 6) is 0.853. The maximum Gasteiger partial charge on any atom is 0.242 e. The number of aromatic nitrogens is 3. The molecule has 0 saturated carbocycles. The van der Waals surface area contributed by atoms with E-state index in [0.717, 1.165) is 35.5 Å². The van der Waals surface area contributed by atoms with Gasteiger partial charge in [0.1, 0.15) is 12.2 Å². The lowest BCUT2D eigenvalue weighted by Gasteiger charge is -2.27. The minimum Gasteiger partial charge on any atom is -0.337 e. The highest BCUT2D eigenvalue weighted by atomic mass is 32.1. The Balaban J connectivity index is 1.40. The van der Waals surface area contributed by atoms with Gasteiger partial charge in [-0.05, 0) is 29.7 Å². The third kappa shape index (κ3) is 3.47. The second-order valence-corrected chi connectivity index (χ2v) is 7.79. The van der Waals surface area contributed by atoms with Crippen molar-refractivity contribution in [1.29, 1.82) is 0 Å². The number of nitrogens with zero attached hydrogens (tertiary/aromatic N) is 4. The number of fused-ring (bicyclic) bond motifs is 1. The molecule has 1 aliphatic rings. The maximum absolute atomic E-state index is 13.1. The summed E-state index contributed by atoms with van der Waals surface area (Å²) >= 11 is 1.53. The molecule has 29 heavy (non-hydrogen) atoms. The largest absolute Gasteiger partial charge is 0.337 e. The number of hydrogen-bond donors (Lipinski definition) is 0. The van der Waals surface area contributed by atoms with Gasteiger partial charge in [0.15, 0.2) is 5.82 Å². The third-order valence-electron chi connectivity index (χ3n) is 5.32. The molecule has 0 unspecified atom stereocenters. The fourth-order valence-corrected chi connectivity index (χ4v) is 4.33. The van der Waals surface area contributed by atoms with E-state index in [-0.39, 0.29) is 12.5 Å². The molecule has 2 aromatic heterocycles. The molecule has 0 radical (unpaired) electrons. The molecule has 0 bridgehead atoms. The summed E-state index contributed by atoms with van der Waals surface area (Å²) < 4.78 is 1.99. The number of carbonyl (C=O) groups is 1. The molecule has 2 aromatic carbocycles. The molecule has 0 aliphatic carbocycles. The minimum atomic E-state index is 0.105. The molecule has 6 heteroatoms. The van der Waals surface area contributed by atoms with Crippen molar-refractivity contribution >= 4 is 33.9 Å². The topological polar surface area (TPSA) is 51.0 Å². The van der Waals surface area contributed by atoms with Crippen molar-refractivity contribution in [3.63, 3.8) is 0 Å². The van der Waals surface area contributed by atoms with Crippen molar-refractivity contribution in [2.45, 2.75) is 13.0 Å². The Hall–Kier alpha value is -3.25. The normalized spacial score (nSPS) is 14.2. The van der Waals surface area contributed by atoms with Crippen LogP contribution in [0.25, 0.3) is 28.1 Å². The van der Waals surface area contributed by atoms with Gasteiger partial charge < -0.3 is 9.47 Å². The zero-order chi connectivity index (χ0) is 19.6. The van der Waals surface area contributed by atoms with Gasteiger partial charge in [-0.15, -0.1) is 11.3 Å². The molecule has 0 N–H and O–H groups in total. The number of imidazole rings is 1. The first-order valence-electron chi connectivity index (χ1n) is 9.65. The van der Waals surface area contributed by atoms with E-state index in [4.69, 9.17) is 4.98 Å². The Bertz CT molecular complexity index is 1180. The van der Waals surface area contributed by atoms with E-state index < -0.39 is 0 Å². The van der Waals surface area contributed by atoms with Gasteiger partial charge in [-0.3, -0.25) is 4.79 Å². The highest BCUT2D eigenvalue weighted by molar-refractivity contribution is 7.07. The van der Waals surface area contributed by atoms with Crippen LogP contribution in [0.3, 0.4) is 0 Å². The zero-order valence-electron chi connectivity index (χ0n) is 15.9. The van der Waals surface area contributed by atoms with Crippen molar-refractivity contribution in [2.24, 2.45) is 0 Å². The Labute approximate surface area is 173 Å². The predicted octanol–water partition coefficient (Wildman–Crippen LogP) is 4.48. The van der Waals surface area contributed by atoms with Crippen molar-refractivity contribution in [3.05, 3.63) is 77.1 Å². The Morgan fingerprint density at radius 1 is 1.07 bits per heavy atom. The van der Waals surface area contributed by atoms with Gasteiger partial charge in [-0.2, -0.15) is 0 Å². The average molecular weight is 401 g/mol. The number of benzene rings is 2. The Morgan fingerprint density at radius 3 is 2.66 bits per heavy atom. The highest BCUT2D eigenvalue weighted by Crippen LogP contribution is 2.26. The van der Waals surface area contributed by atoms with Crippen LogP contribution < -0.4 is 0 Å². The molecular formula is C23H20N4OS. The predicted molar refractivity (Wildman–Crippen MR) is 116 cm³/mol. The molecule has 0 atom stereocenters. The number of carbonyl (C=O) groups excluding carboxylic acids is 1. The van der Waals surface area contributed by atoms with Gasteiger partial charge in [0.05, 0.1) is 16.5 Å². The second kappa shape index (κ2) is 7.64. The molecule has 5 rings (SSSR count). The van der Waals surface area contributed by atoms with Crippen molar-refractivity contribution in [1.82, 2.24) is 19.4 Å². The van der Waals surface area contributed by atoms with Crippen LogP contribution >= 0.6 is 11.3 Å². The van der Waals surface area contributed by atoms with E-state index in [2.05, 4.69) is 35.3 Å². The van der Waals surface area contributed by atoms with Crippen molar-refractivity contribution < 1.29 is 4.79 Å². The summed E-state index contributed by atoms with van der Waals surface area (Å²) in [5.41, 5.74) is 7.00. The molecule has 0 spiro atoms. The fraction of sp³-hybridized carbons (Fsp3) is 0.174. The fourth-order valence-electron chi connectivity index (χ4n) is 3.80. The van der Waals surface area contributed by atoms with Crippen LogP contribution in [-0.2, 0) is 11.3 Å². The number of amides is 1. The van der Waals surface area contributed by atoms with E-state index in [9.17, 15) is 4.79 Å². The molecule has 1 amide bonds. The molecule has 5 nitrogen and oxygen atoms in total. The first-order valence-corrected chi connectivity index (χ1v) is 10.6. The molecule has 4 aromatic rings. The van der Waals surface area contributed by atoms with Crippen LogP contribution in [0.4, 0.5) is 0 Å². The first kappa shape index (κ1) is 17.8. The lowest BCUT2D eigenvalue weighted by molar-refractivity contribution is -0.131. The zero-order valence-corrected chi connectivity index (χ0v) is 16.7. The van der Waals surface area contributed by atoms with Crippen LogP contribution in [-0.4, -0.2) is 38.4 Å². The number of para-hydroxylation sites is 2. The van der Waals surface area contributed by atoms with E-state index in [1.165, 1.54) is 22.5 Å². The van der Waals surface area contributed by atoms with E-state index in [0.29, 0.717) is 6.54 Å². The number of thiazole rings is 1.